The van der Waals surface area contributed by atoms with Gasteiger partial charge in [0.05, 0.1) is 28.2 Å². The van der Waals surface area contributed by atoms with Crippen molar-refractivity contribution >= 4 is 21.4 Å². The first-order valence-corrected chi connectivity index (χ1v) is 10.6. The fraction of sp³-hybridized carbons (Fsp3) is 0.600. The summed E-state index contributed by atoms with van der Waals surface area (Å²) in [7, 11) is -3.16. The zero-order chi connectivity index (χ0) is 16.7. The number of nitrogens with zero attached hydrogens (tertiary/aromatic N) is 4. The maximum absolute atomic E-state index is 12.1. The molecule has 130 valence electrons. The van der Waals surface area contributed by atoms with E-state index in [-0.39, 0.29) is 11.3 Å². The van der Waals surface area contributed by atoms with Gasteiger partial charge in [0, 0.05) is 37.3 Å². The summed E-state index contributed by atoms with van der Waals surface area (Å²) in [6.45, 7) is 4.86. The Labute approximate surface area is 145 Å². The minimum absolute atomic E-state index is 0.0190. The Morgan fingerprint density at radius 3 is 2.96 bits per heavy atom. The van der Waals surface area contributed by atoms with Crippen LogP contribution in [0.1, 0.15) is 35.1 Å². The molecule has 4 rings (SSSR count). The van der Waals surface area contributed by atoms with Gasteiger partial charge in [0.15, 0.2) is 0 Å². The molecule has 2 aliphatic rings. The summed E-state index contributed by atoms with van der Waals surface area (Å²) in [6, 6.07) is 2.03. The lowest BCUT2D eigenvalue weighted by atomic mass is 10.2. The van der Waals surface area contributed by atoms with E-state index < -0.39 is 10.0 Å². The van der Waals surface area contributed by atoms with Gasteiger partial charge in [-0.1, -0.05) is 0 Å². The molecule has 0 saturated heterocycles. The van der Waals surface area contributed by atoms with E-state index in [4.69, 9.17) is 0 Å². The summed E-state index contributed by atoms with van der Waals surface area (Å²) in [6.07, 6.45) is 3.35. The highest BCUT2D eigenvalue weighted by Crippen LogP contribution is 2.28. The highest BCUT2D eigenvalue weighted by molar-refractivity contribution is 7.90. The Morgan fingerprint density at radius 2 is 2.25 bits per heavy atom. The number of hydrogen-bond donors (Lipinski definition) is 1. The summed E-state index contributed by atoms with van der Waals surface area (Å²) in [5, 5.41) is 4.21. The van der Waals surface area contributed by atoms with E-state index in [9.17, 15) is 8.42 Å². The smallest absolute Gasteiger partial charge is 0.214 e. The maximum Gasteiger partial charge on any atom is 0.214 e. The quantitative estimate of drug-likeness (QED) is 0.832. The topological polar surface area (TPSA) is 80.1 Å². The third kappa shape index (κ3) is 3.26. The second kappa shape index (κ2) is 6.21. The van der Waals surface area contributed by atoms with Crippen molar-refractivity contribution in [1.82, 2.24) is 24.4 Å². The van der Waals surface area contributed by atoms with Crippen LogP contribution in [0.5, 0.6) is 0 Å². The third-order valence-electron chi connectivity index (χ3n) is 4.65. The van der Waals surface area contributed by atoms with Crippen molar-refractivity contribution < 1.29 is 8.42 Å². The van der Waals surface area contributed by atoms with Crippen LogP contribution < -0.4 is 4.72 Å². The zero-order valence-electron chi connectivity index (χ0n) is 13.6. The lowest BCUT2D eigenvalue weighted by Crippen LogP contribution is -2.43. The third-order valence-corrected chi connectivity index (χ3v) is 7.49. The number of hydrogen-bond acceptors (Lipinski definition) is 6. The largest absolute Gasteiger partial charge is 0.290 e. The number of rotatable bonds is 6. The van der Waals surface area contributed by atoms with E-state index in [2.05, 4.69) is 19.7 Å². The summed E-state index contributed by atoms with van der Waals surface area (Å²) >= 11 is 1.67. The number of nitrogens with one attached hydrogen (secondary N) is 1. The van der Waals surface area contributed by atoms with Crippen LogP contribution in [0.3, 0.4) is 0 Å². The van der Waals surface area contributed by atoms with Crippen LogP contribution in [-0.4, -0.2) is 46.4 Å². The van der Waals surface area contributed by atoms with Crippen molar-refractivity contribution in [3.8, 4) is 0 Å². The molecule has 2 aromatic heterocycles. The Morgan fingerprint density at radius 1 is 1.42 bits per heavy atom. The number of aryl methyl sites for hydroxylation is 1. The number of thiazole rings is 1. The van der Waals surface area contributed by atoms with Crippen LogP contribution in [0.15, 0.2) is 17.8 Å². The second-order valence-electron chi connectivity index (χ2n) is 6.54. The van der Waals surface area contributed by atoms with Crippen molar-refractivity contribution in [3.05, 3.63) is 34.0 Å². The molecule has 2 aromatic rings. The van der Waals surface area contributed by atoms with Crippen LogP contribution in [0, 0.1) is 6.92 Å². The first-order valence-electron chi connectivity index (χ1n) is 8.15. The van der Waals surface area contributed by atoms with Crippen molar-refractivity contribution in [3.63, 3.8) is 0 Å². The van der Waals surface area contributed by atoms with Gasteiger partial charge in [0.25, 0.3) is 0 Å². The minimum Gasteiger partial charge on any atom is -0.290 e. The molecule has 9 heteroatoms. The van der Waals surface area contributed by atoms with E-state index in [1.165, 1.54) is 4.88 Å². The Hall–Kier alpha value is -1.29. The van der Waals surface area contributed by atoms with Gasteiger partial charge in [0.2, 0.25) is 10.0 Å². The van der Waals surface area contributed by atoms with E-state index >= 15 is 0 Å². The molecule has 0 spiro atoms. The lowest BCUT2D eigenvalue weighted by Gasteiger charge is -2.33. The monoisotopic (exact) mass is 367 g/mol. The first-order chi connectivity index (χ1) is 11.5. The fourth-order valence-corrected chi connectivity index (χ4v) is 5.36. The molecule has 0 amide bonds. The highest BCUT2D eigenvalue weighted by atomic mass is 32.2. The Balaban J connectivity index is 1.48. The zero-order valence-corrected chi connectivity index (χ0v) is 15.2. The Kier molecular flexibility index (Phi) is 4.19. The molecule has 1 atom stereocenters. The van der Waals surface area contributed by atoms with Gasteiger partial charge >= 0.3 is 0 Å². The molecule has 1 N–H and O–H groups in total. The van der Waals surface area contributed by atoms with Crippen LogP contribution in [0.25, 0.3) is 0 Å². The summed E-state index contributed by atoms with van der Waals surface area (Å²) in [5.74, 6) is 0. The molecule has 1 aliphatic carbocycles. The average molecular weight is 368 g/mol. The summed E-state index contributed by atoms with van der Waals surface area (Å²) < 4.78 is 29.0. The highest BCUT2D eigenvalue weighted by Gasteiger charge is 2.36. The van der Waals surface area contributed by atoms with Gasteiger partial charge in [-0.15, -0.1) is 11.3 Å². The molecule has 7 nitrogen and oxygen atoms in total. The number of aromatic nitrogens is 3. The molecule has 3 heterocycles. The maximum atomic E-state index is 12.1. The standard InChI is InChI=1S/C15H21N5O2S2/c1-11-15(23-10-16-11)9-19-7-12-4-5-17-20(12)13(8-19)6-18-24(21,22)14-2-3-14/h4-5,10,13-14,18H,2-3,6-9H2,1H3/t13-/m1/s1. The van der Waals surface area contributed by atoms with Crippen molar-refractivity contribution in [2.75, 3.05) is 13.1 Å². The molecule has 0 unspecified atom stereocenters. The van der Waals surface area contributed by atoms with E-state index in [1.807, 2.05) is 23.2 Å². The molecule has 1 fully saturated rings. The van der Waals surface area contributed by atoms with Crippen molar-refractivity contribution in [2.24, 2.45) is 0 Å². The van der Waals surface area contributed by atoms with E-state index in [1.54, 1.807) is 17.5 Å². The van der Waals surface area contributed by atoms with E-state index in [0.717, 1.165) is 43.9 Å². The molecule has 0 bridgehead atoms. The van der Waals surface area contributed by atoms with Gasteiger partial charge in [-0.25, -0.2) is 18.1 Å². The first kappa shape index (κ1) is 16.2. The summed E-state index contributed by atoms with van der Waals surface area (Å²) in [4.78, 5) is 7.92. The van der Waals surface area contributed by atoms with Crippen LogP contribution >= 0.6 is 11.3 Å². The van der Waals surface area contributed by atoms with Crippen molar-refractivity contribution in [1.29, 1.82) is 0 Å². The van der Waals surface area contributed by atoms with Crippen LogP contribution in [-0.2, 0) is 23.1 Å². The van der Waals surface area contributed by atoms with Gasteiger partial charge in [0.1, 0.15) is 0 Å². The predicted octanol–water partition coefficient (Wildman–Crippen LogP) is 1.29. The molecule has 1 aliphatic heterocycles. The predicted molar refractivity (Wildman–Crippen MR) is 92.2 cm³/mol. The van der Waals surface area contributed by atoms with Crippen molar-refractivity contribution in [2.45, 2.75) is 44.1 Å². The minimum atomic E-state index is -3.16. The molecule has 0 aromatic carbocycles. The second-order valence-corrected chi connectivity index (χ2v) is 9.53. The molecule has 24 heavy (non-hydrogen) atoms. The number of sulfonamides is 1. The fourth-order valence-electron chi connectivity index (χ4n) is 3.13. The molecule has 0 radical (unpaired) electrons. The molecular formula is C15H21N5O2S2. The van der Waals surface area contributed by atoms with Gasteiger partial charge in [-0.05, 0) is 25.8 Å². The molecule has 1 saturated carbocycles. The van der Waals surface area contributed by atoms with E-state index in [0.29, 0.717) is 6.54 Å². The van der Waals surface area contributed by atoms with Crippen LogP contribution in [0.4, 0.5) is 0 Å². The van der Waals surface area contributed by atoms with Crippen LogP contribution in [0.2, 0.25) is 0 Å². The van der Waals surface area contributed by atoms with Gasteiger partial charge < -0.3 is 0 Å². The lowest BCUT2D eigenvalue weighted by molar-refractivity contribution is 0.169. The SMILES string of the molecule is Cc1ncsc1CN1Cc2ccnn2[C@H](CNS(=O)(=O)C2CC2)C1. The normalized spacial score (nSPS) is 21.8. The summed E-state index contributed by atoms with van der Waals surface area (Å²) in [5.41, 5.74) is 4.07. The molecular weight excluding hydrogens is 346 g/mol. The number of fused-ring (bicyclic) bond motifs is 1. The van der Waals surface area contributed by atoms with Gasteiger partial charge in [-0.3, -0.25) is 9.58 Å². The van der Waals surface area contributed by atoms with Gasteiger partial charge in [-0.2, -0.15) is 5.10 Å². The Bertz CT molecular complexity index is 825. The average Bonchev–Trinajstić information content (AvgIpc) is 3.20.